The predicted octanol–water partition coefficient (Wildman–Crippen LogP) is 2.31. The molecule has 126 valence electrons. The normalized spacial score (nSPS) is 16.9. The van der Waals surface area contributed by atoms with Crippen LogP contribution in [-0.4, -0.2) is 31.6 Å². The number of likely N-dealkylation sites (tertiary alicyclic amines) is 1. The van der Waals surface area contributed by atoms with Gasteiger partial charge in [-0.3, -0.25) is 4.79 Å². The summed E-state index contributed by atoms with van der Waals surface area (Å²) in [6.45, 7) is 0.632. The van der Waals surface area contributed by atoms with Crippen LogP contribution in [0.15, 0.2) is 42.6 Å². The van der Waals surface area contributed by atoms with Crippen molar-refractivity contribution < 1.29 is 19.0 Å². The van der Waals surface area contributed by atoms with Crippen molar-refractivity contribution in [2.45, 2.75) is 18.9 Å². The van der Waals surface area contributed by atoms with Gasteiger partial charge in [0.25, 0.3) is 5.69 Å². The second kappa shape index (κ2) is 6.78. The summed E-state index contributed by atoms with van der Waals surface area (Å²) in [4.78, 5) is 14.5. The zero-order valence-electron chi connectivity index (χ0n) is 13.8. The maximum atomic E-state index is 12.8. The van der Waals surface area contributed by atoms with Gasteiger partial charge in [0, 0.05) is 18.7 Å². The quantitative estimate of drug-likeness (QED) is 0.638. The summed E-state index contributed by atoms with van der Waals surface area (Å²) in [5.41, 5.74) is 1.12. The second-order valence-electron chi connectivity index (χ2n) is 5.68. The van der Waals surface area contributed by atoms with E-state index in [4.69, 9.17) is 9.47 Å². The van der Waals surface area contributed by atoms with Crippen molar-refractivity contribution in [1.82, 2.24) is 4.90 Å². The topological polar surface area (TPSA) is 65.7 Å². The Balaban J connectivity index is 1.91. The van der Waals surface area contributed by atoms with E-state index in [1.165, 1.54) is 6.20 Å². The van der Waals surface area contributed by atoms with Crippen LogP contribution >= 0.6 is 0 Å². The van der Waals surface area contributed by atoms with E-state index in [9.17, 15) is 10.0 Å². The van der Waals surface area contributed by atoms with E-state index >= 15 is 0 Å². The van der Waals surface area contributed by atoms with E-state index in [-0.39, 0.29) is 17.6 Å². The highest BCUT2D eigenvalue weighted by molar-refractivity contribution is 5.91. The molecule has 1 saturated heterocycles. The molecule has 0 bridgehead atoms. The minimum Gasteiger partial charge on any atom is -0.618 e. The van der Waals surface area contributed by atoms with Gasteiger partial charge in [-0.15, -0.1) is 0 Å². The molecule has 2 heterocycles. The highest BCUT2D eigenvalue weighted by Crippen LogP contribution is 2.37. The molecule has 2 aromatic rings. The van der Waals surface area contributed by atoms with Gasteiger partial charge in [-0.1, -0.05) is 6.07 Å². The molecule has 1 aromatic carbocycles. The number of pyridine rings is 1. The second-order valence-corrected chi connectivity index (χ2v) is 5.68. The number of benzene rings is 1. The molecule has 24 heavy (non-hydrogen) atoms. The lowest BCUT2D eigenvalue weighted by molar-refractivity contribution is -0.608. The zero-order chi connectivity index (χ0) is 17.1. The minimum absolute atomic E-state index is 0.0717. The third kappa shape index (κ3) is 2.87. The molecule has 1 aliphatic rings. The van der Waals surface area contributed by atoms with Crippen LogP contribution in [0.4, 0.5) is 0 Å². The minimum atomic E-state index is -0.247. The molecular weight excluding hydrogens is 308 g/mol. The molecule has 6 nitrogen and oxygen atoms in total. The van der Waals surface area contributed by atoms with Gasteiger partial charge in [0.2, 0.25) is 0 Å². The van der Waals surface area contributed by atoms with Crippen LogP contribution in [0, 0.1) is 5.21 Å². The Bertz CT molecular complexity index is 748. The fourth-order valence-electron chi connectivity index (χ4n) is 3.16. The summed E-state index contributed by atoms with van der Waals surface area (Å²) >= 11 is 0. The van der Waals surface area contributed by atoms with Crippen LogP contribution in [0.2, 0.25) is 0 Å². The summed E-state index contributed by atoms with van der Waals surface area (Å²) in [6.07, 6.45) is 3.10. The van der Waals surface area contributed by atoms with E-state index in [2.05, 4.69) is 0 Å². The van der Waals surface area contributed by atoms with Crippen LogP contribution in [0.25, 0.3) is 0 Å². The van der Waals surface area contributed by atoms with Gasteiger partial charge in [-0.2, -0.15) is 4.73 Å². The van der Waals surface area contributed by atoms with Gasteiger partial charge in [0.05, 0.1) is 20.3 Å². The maximum absolute atomic E-state index is 12.8. The number of carbonyl (C=O) groups excluding carboxylic acids is 1. The van der Waals surface area contributed by atoms with Gasteiger partial charge in [-0.05, 0) is 36.6 Å². The van der Waals surface area contributed by atoms with Gasteiger partial charge in [0.15, 0.2) is 17.7 Å². The Hall–Kier alpha value is -2.76. The van der Waals surface area contributed by atoms with E-state index in [0.717, 1.165) is 18.4 Å². The van der Waals surface area contributed by atoms with Crippen molar-refractivity contribution in [1.29, 1.82) is 0 Å². The standard InChI is InChI=1S/C18H20N2O4/c1-23-16-9-8-13(12-17(16)24-2)14-7-5-10-19(14)18(21)15-6-3-4-11-20(15)22/h3-4,6,8-9,11-12,14H,5,7,10H2,1-2H3. The number of hydrogen-bond donors (Lipinski definition) is 0. The Morgan fingerprint density at radius 2 is 2.00 bits per heavy atom. The smallest absolute Gasteiger partial charge is 0.320 e. The average Bonchev–Trinajstić information content (AvgIpc) is 3.10. The van der Waals surface area contributed by atoms with E-state index in [0.29, 0.717) is 22.8 Å². The number of amides is 1. The third-order valence-corrected chi connectivity index (χ3v) is 4.35. The molecule has 1 atom stereocenters. The molecule has 1 aromatic heterocycles. The predicted molar refractivity (Wildman–Crippen MR) is 88.0 cm³/mol. The van der Waals surface area contributed by atoms with Crippen LogP contribution in [0.5, 0.6) is 11.5 Å². The lowest BCUT2D eigenvalue weighted by Crippen LogP contribution is -2.41. The average molecular weight is 328 g/mol. The first kappa shape index (κ1) is 16.1. The summed E-state index contributed by atoms with van der Waals surface area (Å²) in [6, 6.07) is 10.5. The molecule has 0 saturated carbocycles. The molecule has 1 amide bonds. The fraction of sp³-hybridized carbons (Fsp3) is 0.333. The lowest BCUT2D eigenvalue weighted by atomic mass is 10.0. The van der Waals surface area contributed by atoms with Crippen molar-refractivity contribution in [3.63, 3.8) is 0 Å². The number of rotatable bonds is 4. The van der Waals surface area contributed by atoms with Gasteiger partial charge in [0.1, 0.15) is 0 Å². The number of aromatic nitrogens is 1. The number of hydrogen-bond acceptors (Lipinski definition) is 4. The maximum Gasteiger partial charge on any atom is 0.320 e. The van der Waals surface area contributed by atoms with Crippen molar-refractivity contribution in [2.75, 3.05) is 20.8 Å². The van der Waals surface area contributed by atoms with E-state index in [1.54, 1.807) is 37.3 Å². The van der Waals surface area contributed by atoms with Crippen molar-refractivity contribution >= 4 is 5.91 Å². The van der Waals surface area contributed by atoms with Crippen molar-refractivity contribution in [3.8, 4) is 11.5 Å². The largest absolute Gasteiger partial charge is 0.618 e. The van der Waals surface area contributed by atoms with Crippen molar-refractivity contribution in [3.05, 3.63) is 59.1 Å². The van der Waals surface area contributed by atoms with Crippen LogP contribution < -0.4 is 14.2 Å². The molecule has 1 aliphatic heterocycles. The molecular formula is C18H20N2O4. The Kier molecular flexibility index (Phi) is 4.55. The molecule has 6 heteroatoms. The third-order valence-electron chi connectivity index (χ3n) is 4.35. The summed E-state index contributed by atoms with van der Waals surface area (Å²) < 4.78 is 11.2. The summed E-state index contributed by atoms with van der Waals surface area (Å²) in [7, 11) is 3.18. The Morgan fingerprint density at radius 1 is 1.21 bits per heavy atom. The molecule has 0 N–H and O–H groups in total. The first-order valence-electron chi connectivity index (χ1n) is 7.86. The molecule has 3 rings (SSSR count). The van der Waals surface area contributed by atoms with Gasteiger partial charge < -0.3 is 19.6 Å². The SMILES string of the molecule is COc1ccc(C2CCCN2C(=O)c2cccc[n+]2[O-])cc1OC. The van der Waals surface area contributed by atoms with E-state index in [1.807, 2.05) is 18.2 Å². The lowest BCUT2D eigenvalue weighted by Gasteiger charge is -2.25. The van der Waals surface area contributed by atoms with Gasteiger partial charge >= 0.3 is 5.91 Å². The number of nitrogens with zero attached hydrogens (tertiary/aromatic N) is 2. The monoisotopic (exact) mass is 328 g/mol. The van der Waals surface area contributed by atoms with Crippen LogP contribution in [-0.2, 0) is 0 Å². The summed E-state index contributed by atoms with van der Waals surface area (Å²) in [5, 5.41) is 11.9. The number of methoxy groups -OCH3 is 2. The first-order valence-corrected chi connectivity index (χ1v) is 7.86. The molecule has 0 radical (unpaired) electrons. The highest BCUT2D eigenvalue weighted by Gasteiger charge is 2.34. The Morgan fingerprint density at radius 3 is 2.71 bits per heavy atom. The molecule has 0 aliphatic carbocycles. The summed E-state index contributed by atoms with van der Waals surface area (Å²) in [5.74, 6) is 1.04. The van der Waals surface area contributed by atoms with Crippen LogP contribution in [0.1, 0.15) is 34.9 Å². The van der Waals surface area contributed by atoms with Gasteiger partial charge in [-0.25, -0.2) is 0 Å². The highest BCUT2D eigenvalue weighted by atomic mass is 16.5. The van der Waals surface area contributed by atoms with Crippen molar-refractivity contribution in [2.24, 2.45) is 0 Å². The number of ether oxygens (including phenoxy) is 2. The molecule has 1 fully saturated rings. The molecule has 0 spiro atoms. The first-order chi connectivity index (χ1) is 11.7. The number of carbonyl (C=O) groups is 1. The Labute approximate surface area is 140 Å². The fourth-order valence-corrected chi connectivity index (χ4v) is 3.16. The van der Waals surface area contributed by atoms with E-state index < -0.39 is 0 Å². The van der Waals surface area contributed by atoms with Crippen LogP contribution in [0.3, 0.4) is 0 Å². The molecule has 1 unspecified atom stereocenters. The zero-order valence-corrected chi connectivity index (χ0v) is 13.8.